The van der Waals surface area contributed by atoms with E-state index in [4.69, 9.17) is 13.8 Å². The third-order valence-corrected chi connectivity index (χ3v) is 4.72. The Hall–Kier alpha value is -1.81. The Bertz CT molecular complexity index is 660. The Morgan fingerprint density at radius 1 is 1.31 bits per heavy atom. The minimum atomic E-state index is -2.59. The molecular formula is C15H20N3O7P. The summed E-state index contributed by atoms with van der Waals surface area (Å²) in [6.45, 7) is 1.71. The lowest BCUT2D eigenvalue weighted by Gasteiger charge is -2.34. The summed E-state index contributed by atoms with van der Waals surface area (Å²) >= 11 is 0. The van der Waals surface area contributed by atoms with Crippen molar-refractivity contribution in [3.8, 4) is 5.75 Å². The van der Waals surface area contributed by atoms with Crippen LogP contribution in [-0.2, 0) is 14.1 Å². The van der Waals surface area contributed by atoms with Crippen LogP contribution in [0.3, 0.4) is 0 Å². The van der Waals surface area contributed by atoms with Crippen LogP contribution < -0.4 is 15.3 Å². The fourth-order valence-corrected chi connectivity index (χ4v) is 3.24. The maximum Gasteiger partial charge on any atom is 0.340 e. The number of amides is 3. The number of carbonyl (C=O) groups is 2. The maximum atomic E-state index is 11.9. The van der Waals surface area contributed by atoms with E-state index in [-0.39, 0.29) is 18.9 Å². The van der Waals surface area contributed by atoms with Crippen LogP contribution in [0.4, 0.5) is 4.79 Å². The Morgan fingerprint density at radius 2 is 2.04 bits per heavy atom. The number of hydrogen-bond donors (Lipinski definition) is 4. The molecule has 4 N–H and O–H groups in total. The third-order valence-electron chi connectivity index (χ3n) is 4.02. The molecule has 0 radical (unpaired) electrons. The summed E-state index contributed by atoms with van der Waals surface area (Å²) in [5, 5.41) is 23.6. The highest BCUT2D eigenvalue weighted by atomic mass is 31.1. The molecule has 2 fully saturated rings. The van der Waals surface area contributed by atoms with Crippen molar-refractivity contribution in [3.05, 3.63) is 30.3 Å². The lowest BCUT2D eigenvalue weighted by molar-refractivity contribution is -0.342. The van der Waals surface area contributed by atoms with Crippen LogP contribution >= 0.6 is 9.03 Å². The molecule has 4 atom stereocenters. The number of para-hydroxylation sites is 1. The number of hydrogen-bond acceptors (Lipinski definition) is 8. The lowest BCUT2D eigenvalue weighted by Crippen LogP contribution is -2.63. The Kier molecular flexibility index (Phi) is 5.71. The van der Waals surface area contributed by atoms with Crippen LogP contribution in [0.15, 0.2) is 30.3 Å². The second kappa shape index (κ2) is 7.83. The van der Waals surface area contributed by atoms with Crippen LogP contribution in [0.1, 0.15) is 13.3 Å². The molecule has 0 aromatic heterocycles. The van der Waals surface area contributed by atoms with E-state index in [1.54, 1.807) is 31.2 Å². The third kappa shape index (κ3) is 4.29. The predicted octanol–water partition coefficient (Wildman–Crippen LogP) is 0.0364. The molecule has 3 amide bonds. The van der Waals surface area contributed by atoms with Gasteiger partial charge in [-0.2, -0.15) is 0 Å². The predicted molar refractivity (Wildman–Crippen MR) is 89.5 cm³/mol. The minimum absolute atomic E-state index is 0.0742. The molecule has 0 saturated carbocycles. The molecule has 2 heterocycles. The summed E-state index contributed by atoms with van der Waals surface area (Å²) < 4.78 is 16.0. The van der Waals surface area contributed by atoms with E-state index in [0.29, 0.717) is 5.75 Å². The molecule has 10 nitrogen and oxygen atoms in total. The van der Waals surface area contributed by atoms with Crippen molar-refractivity contribution in [3.63, 3.8) is 0 Å². The van der Waals surface area contributed by atoms with E-state index in [2.05, 4.69) is 10.7 Å². The number of nitrogens with zero attached hydrogens (tertiary/aromatic N) is 1. The van der Waals surface area contributed by atoms with Crippen molar-refractivity contribution < 1.29 is 33.6 Å². The van der Waals surface area contributed by atoms with Crippen molar-refractivity contribution in [2.45, 2.75) is 31.6 Å². The van der Waals surface area contributed by atoms with E-state index in [0.717, 1.165) is 5.01 Å². The molecule has 0 bridgehead atoms. The molecule has 1 aromatic carbocycles. The molecule has 26 heavy (non-hydrogen) atoms. The largest absolute Gasteiger partial charge is 0.450 e. The average Bonchev–Trinajstić information content (AvgIpc) is 2.98. The number of ether oxygens (including phenoxy) is 1. The smallest absolute Gasteiger partial charge is 0.340 e. The second-order valence-corrected chi connectivity index (χ2v) is 6.62. The van der Waals surface area contributed by atoms with Crippen molar-refractivity contribution >= 4 is 21.0 Å². The normalized spacial score (nSPS) is 27.2. The number of rotatable bonds is 6. The molecule has 0 spiro atoms. The summed E-state index contributed by atoms with van der Waals surface area (Å²) in [5.41, 5.74) is 2.65. The van der Waals surface area contributed by atoms with Crippen molar-refractivity contribution in [1.29, 1.82) is 0 Å². The number of hydrazine groups is 1. The van der Waals surface area contributed by atoms with Gasteiger partial charge >= 0.3 is 12.0 Å². The molecular weight excluding hydrogens is 365 g/mol. The molecule has 0 aliphatic carbocycles. The second-order valence-electron chi connectivity index (χ2n) is 6.05. The molecule has 4 unspecified atom stereocenters. The molecule has 2 aliphatic heterocycles. The standard InChI is InChI=1S/C15H20N3O7P/c1-9-7-11(23-13(9)18-14(20)17-12(19)8-16-18)15(21,22)25-26-24-10-5-3-2-4-6-10/h2-6,9,11,13,16,21-22,26H,7-8H2,1H3,(H,17,19,20). The summed E-state index contributed by atoms with van der Waals surface area (Å²) in [4.78, 5) is 23.1. The summed E-state index contributed by atoms with van der Waals surface area (Å²) in [7, 11) is -0.663. The van der Waals surface area contributed by atoms with Gasteiger partial charge in [-0.05, 0) is 18.6 Å². The Balaban J connectivity index is 1.55. The van der Waals surface area contributed by atoms with Crippen LogP contribution in [0.25, 0.3) is 0 Å². The van der Waals surface area contributed by atoms with Gasteiger partial charge in [-0.1, -0.05) is 25.1 Å². The van der Waals surface area contributed by atoms with E-state index in [1.165, 1.54) is 0 Å². The SMILES string of the molecule is CC1CC(C(O)(O)OPOc2ccccc2)OC1N1NCC(=O)NC1=O. The van der Waals surface area contributed by atoms with Crippen LogP contribution in [0, 0.1) is 5.92 Å². The van der Waals surface area contributed by atoms with Crippen LogP contribution in [-0.4, -0.2) is 52.0 Å². The number of urea groups is 1. The molecule has 2 saturated heterocycles. The molecule has 142 valence electrons. The lowest BCUT2D eigenvalue weighted by atomic mass is 10.0. The quantitative estimate of drug-likeness (QED) is 0.399. The first kappa shape index (κ1) is 19.0. The van der Waals surface area contributed by atoms with Gasteiger partial charge < -0.3 is 19.5 Å². The zero-order valence-corrected chi connectivity index (χ0v) is 14.9. The van der Waals surface area contributed by atoms with Gasteiger partial charge in [-0.15, -0.1) is 0 Å². The van der Waals surface area contributed by atoms with E-state index < -0.39 is 39.3 Å². The van der Waals surface area contributed by atoms with Gasteiger partial charge in [-0.25, -0.2) is 15.2 Å². The Morgan fingerprint density at radius 3 is 2.73 bits per heavy atom. The van der Waals surface area contributed by atoms with Crippen LogP contribution in [0.5, 0.6) is 5.75 Å². The van der Waals surface area contributed by atoms with Gasteiger partial charge in [0.25, 0.3) is 0 Å². The fourth-order valence-electron chi connectivity index (χ4n) is 2.71. The molecule has 2 aliphatic rings. The molecule has 3 rings (SSSR count). The Labute approximate surface area is 151 Å². The van der Waals surface area contributed by atoms with E-state index in [9.17, 15) is 19.8 Å². The fraction of sp³-hybridized carbons (Fsp3) is 0.467. The first-order valence-electron chi connectivity index (χ1n) is 7.98. The number of imide groups is 1. The average molecular weight is 385 g/mol. The number of aliphatic hydroxyl groups is 2. The zero-order valence-electron chi connectivity index (χ0n) is 13.9. The van der Waals surface area contributed by atoms with Gasteiger partial charge in [0.15, 0.2) is 6.23 Å². The maximum absolute atomic E-state index is 11.9. The van der Waals surface area contributed by atoms with E-state index >= 15 is 0 Å². The number of benzene rings is 1. The first-order valence-corrected chi connectivity index (χ1v) is 8.80. The topological polar surface area (TPSA) is 130 Å². The zero-order chi connectivity index (χ0) is 18.7. The van der Waals surface area contributed by atoms with Gasteiger partial charge in [0, 0.05) is 5.92 Å². The highest BCUT2D eigenvalue weighted by molar-refractivity contribution is 7.26. The van der Waals surface area contributed by atoms with Gasteiger partial charge in [0.2, 0.25) is 14.9 Å². The van der Waals surface area contributed by atoms with E-state index in [1.807, 2.05) is 6.07 Å². The highest BCUT2D eigenvalue weighted by Gasteiger charge is 2.49. The van der Waals surface area contributed by atoms with Gasteiger partial charge in [0.1, 0.15) is 11.9 Å². The first-order chi connectivity index (χ1) is 12.4. The number of carbonyl (C=O) groups excluding carboxylic acids is 2. The summed E-state index contributed by atoms with van der Waals surface area (Å²) in [6, 6.07) is 8.14. The monoisotopic (exact) mass is 385 g/mol. The molecule has 1 aromatic rings. The highest BCUT2D eigenvalue weighted by Crippen LogP contribution is 2.36. The number of nitrogens with one attached hydrogen (secondary N) is 2. The summed E-state index contributed by atoms with van der Waals surface area (Å²) in [5.74, 6) is -2.74. The molecule has 11 heteroatoms. The van der Waals surface area contributed by atoms with Crippen molar-refractivity contribution in [2.75, 3.05) is 6.54 Å². The van der Waals surface area contributed by atoms with Crippen molar-refractivity contribution in [1.82, 2.24) is 15.8 Å². The van der Waals surface area contributed by atoms with Gasteiger partial charge in [-0.3, -0.25) is 14.6 Å². The van der Waals surface area contributed by atoms with Crippen LogP contribution in [0.2, 0.25) is 0 Å². The van der Waals surface area contributed by atoms with Crippen molar-refractivity contribution in [2.24, 2.45) is 5.92 Å². The van der Waals surface area contributed by atoms with Gasteiger partial charge in [0.05, 0.1) is 6.54 Å². The summed E-state index contributed by atoms with van der Waals surface area (Å²) in [6.07, 6.45) is -1.65. The minimum Gasteiger partial charge on any atom is -0.450 e.